The Morgan fingerprint density at radius 2 is 2.14 bits per heavy atom. The molecule has 21 heavy (non-hydrogen) atoms. The molecule has 0 amide bonds. The van der Waals surface area contributed by atoms with Gasteiger partial charge in [0.2, 0.25) is 0 Å². The summed E-state index contributed by atoms with van der Waals surface area (Å²) in [6.45, 7) is 1.79. The van der Waals surface area contributed by atoms with Crippen LogP contribution < -0.4 is 5.32 Å². The molecule has 0 unspecified atom stereocenters. The molecule has 3 rings (SSSR count). The van der Waals surface area contributed by atoms with Crippen molar-refractivity contribution in [1.82, 2.24) is 19.7 Å². The van der Waals surface area contributed by atoms with Gasteiger partial charge in [0.1, 0.15) is 18.7 Å². The number of aryl methyl sites for hydroxylation is 1. The predicted molar refractivity (Wildman–Crippen MR) is 77.5 cm³/mol. The molecule has 0 fully saturated rings. The largest absolute Gasteiger partial charge is 0.480 e. The minimum absolute atomic E-state index is 0.207. The molecule has 2 heterocycles. The van der Waals surface area contributed by atoms with Crippen LogP contribution in [0.1, 0.15) is 5.56 Å². The van der Waals surface area contributed by atoms with Crippen molar-refractivity contribution in [2.75, 3.05) is 11.9 Å². The minimum Gasteiger partial charge on any atom is -0.480 e. The maximum Gasteiger partial charge on any atom is 0.322 e. The number of nitrogens with one attached hydrogen (secondary N) is 1. The Kier molecular flexibility index (Phi) is 3.23. The third-order valence-corrected chi connectivity index (χ3v) is 3.12. The second-order valence-electron chi connectivity index (χ2n) is 4.55. The van der Waals surface area contributed by atoms with Gasteiger partial charge in [0.05, 0.1) is 17.3 Å². The molecule has 0 saturated carbocycles. The van der Waals surface area contributed by atoms with E-state index in [2.05, 4.69) is 20.4 Å². The van der Waals surface area contributed by atoms with Crippen molar-refractivity contribution in [2.24, 2.45) is 0 Å². The van der Waals surface area contributed by atoms with Gasteiger partial charge in [0.25, 0.3) is 0 Å². The normalized spacial score (nSPS) is 10.7. The van der Waals surface area contributed by atoms with E-state index in [1.54, 1.807) is 10.9 Å². The van der Waals surface area contributed by atoms with E-state index in [-0.39, 0.29) is 6.54 Å². The standard InChI is InChI=1S/C14H13N5O2/c1-9-4-2-3-5-11(9)19-14-10(6-18-19)13(16-8-17-14)15-7-12(20)21/h2-6,8H,7H2,1H3,(H,20,21)(H,15,16,17). The van der Waals surface area contributed by atoms with Crippen molar-refractivity contribution in [3.63, 3.8) is 0 Å². The number of anilines is 1. The Hall–Kier alpha value is -2.96. The van der Waals surface area contributed by atoms with Gasteiger partial charge in [-0.3, -0.25) is 4.79 Å². The lowest BCUT2D eigenvalue weighted by molar-refractivity contribution is -0.134. The zero-order valence-corrected chi connectivity index (χ0v) is 11.3. The summed E-state index contributed by atoms with van der Waals surface area (Å²) in [7, 11) is 0. The van der Waals surface area contributed by atoms with Crippen molar-refractivity contribution in [1.29, 1.82) is 0 Å². The summed E-state index contributed by atoms with van der Waals surface area (Å²) in [5.41, 5.74) is 2.63. The SMILES string of the molecule is Cc1ccccc1-n1ncc2c(NCC(=O)O)ncnc21. The zero-order chi connectivity index (χ0) is 14.8. The number of carbonyl (C=O) groups is 1. The first kappa shape index (κ1) is 13.0. The number of para-hydroxylation sites is 1. The smallest absolute Gasteiger partial charge is 0.322 e. The molecule has 2 aromatic heterocycles. The Morgan fingerprint density at radius 1 is 1.33 bits per heavy atom. The highest BCUT2D eigenvalue weighted by Gasteiger charge is 2.12. The highest BCUT2D eigenvalue weighted by atomic mass is 16.4. The van der Waals surface area contributed by atoms with Gasteiger partial charge in [-0.2, -0.15) is 5.10 Å². The van der Waals surface area contributed by atoms with E-state index in [0.29, 0.717) is 16.9 Å². The molecular weight excluding hydrogens is 270 g/mol. The van der Waals surface area contributed by atoms with Crippen LogP contribution in [-0.4, -0.2) is 37.4 Å². The third-order valence-electron chi connectivity index (χ3n) is 3.12. The molecule has 0 saturated heterocycles. The number of hydrogen-bond acceptors (Lipinski definition) is 5. The molecule has 0 radical (unpaired) electrons. The number of rotatable bonds is 4. The van der Waals surface area contributed by atoms with E-state index < -0.39 is 5.97 Å². The molecule has 1 aromatic carbocycles. The van der Waals surface area contributed by atoms with Gasteiger partial charge in [-0.05, 0) is 18.6 Å². The van der Waals surface area contributed by atoms with Crippen LogP contribution in [0.3, 0.4) is 0 Å². The van der Waals surface area contributed by atoms with E-state index in [1.807, 2.05) is 31.2 Å². The number of carboxylic acid groups (broad SMARTS) is 1. The quantitative estimate of drug-likeness (QED) is 0.755. The van der Waals surface area contributed by atoms with Gasteiger partial charge in [-0.25, -0.2) is 14.6 Å². The first-order valence-electron chi connectivity index (χ1n) is 6.37. The van der Waals surface area contributed by atoms with Crippen molar-refractivity contribution in [3.05, 3.63) is 42.4 Å². The lowest BCUT2D eigenvalue weighted by Crippen LogP contribution is -2.13. The summed E-state index contributed by atoms with van der Waals surface area (Å²) in [6, 6.07) is 7.84. The van der Waals surface area contributed by atoms with E-state index in [0.717, 1.165) is 11.3 Å². The molecule has 0 aliphatic heterocycles. The van der Waals surface area contributed by atoms with Crippen molar-refractivity contribution in [2.45, 2.75) is 6.92 Å². The average molecular weight is 283 g/mol. The summed E-state index contributed by atoms with van der Waals surface area (Å²) < 4.78 is 1.72. The minimum atomic E-state index is -0.951. The summed E-state index contributed by atoms with van der Waals surface area (Å²) in [6.07, 6.45) is 3.02. The van der Waals surface area contributed by atoms with Crippen LogP contribution in [0.2, 0.25) is 0 Å². The highest BCUT2D eigenvalue weighted by molar-refractivity contribution is 5.88. The lowest BCUT2D eigenvalue weighted by Gasteiger charge is -2.07. The second-order valence-corrected chi connectivity index (χ2v) is 4.55. The molecule has 7 nitrogen and oxygen atoms in total. The van der Waals surface area contributed by atoms with Crippen LogP contribution in [0, 0.1) is 6.92 Å². The zero-order valence-electron chi connectivity index (χ0n) is 11.3. The number of aromatic nitrogens is 4. The summed E-state index contributed by atoms with van der Waals surface area (Å²) in [5, 5.41) is 16.5. The average Bonchev–Trinajstić information content (AvgIpc) is 2.90. The molecule has 0 spiro atoms. The van der Waals surface area contributed by atoms with Crippen LogP contribution in [0.4, 0.5) is 5.82 Å². The molecular formula is C14H13N5O2. The van der Waals surface area contributed by atoms with Crippen molar-refractivity contribution in [3.8, 4) is 5.69 Å². The van der Waals surface area contributed by atoms with Crippen LogP contribution in [-0.2, 0) is 4.79 Å². The molecule has 0 atom stereocenters. The molecule has 2 N–H and O–H groups in total. The Morgan fingerprint density at radius 3 is 2.90 bits per heavy atom. The Labute approximate surface area is 120 Å². The Bertz CT molecular complexity index is 812. The monoisotopic (exact) mass is 283 g/mol. The molecule has 7 heteroatoms. The van der Waals surface area contributed by atoms with Gasteiger partial charge in [-0.1, -0.05) is 18.2 Å². The molecule has 0 bridgehead atoms. The fraction of sp³-hybridized carbons (Fsp3) is 0.143. The number of hydrogen-bond donors (Lipinski definition) is 2. The first-order valence-corrected chi connectivity index (χ1v) is 6.37. The van der Waals surface area contributed by atoms with Crippen LogP contribution in [0.25, 0.3) is 16.7 Å². The second kappa shape index (κ2) is 5.20. The number of aliphatic carboxylic acids is 1. The number of nitrogens with zero attached hydrogens (tertiary/aromatic N) is 4. The van der Waals surface area contributed by atoms with Gasteiger partial charge in [-0.15, -0.1) is 0 Å². The van der Waals surface area contributed by atoms with E-state index in [4.69, 9.17) is 5.11 Å². The molecule has 3 aromatic rings. The number of fused-ring (bicyclic) bond motifs is 1. The van der Waals surface area contributed by atoms with Crippen molar-refractivity contribution >= 4 is 22.8 Å². The van der Waals surface area contributed by atoms with E-state index >= 15 is 0 Å². The van der Waals surface area contributed by atoms with Crippen molar-refractivity contribution < 1.29 is 9.90 Å². The topological polar surface area (TPSA) is 92.9 Å². The van der Waals surface area contributed by atoms with Gasteiger partial charge in [0, 0.05) is 0 Å². The summed E-state index contributed by atoms with van der Waals surface area (Å²) >= 11 is 0. The van der Waals surface area contributed by atoms with Gasteiger partial charge >= 0.3 is 5.97 Å². The lowest BCUT2D eigenvalue weighted by atomic mass is 10.2. The van der Waals surface area contributed by atoms with E-state index in [1.165, 1.54) is 6.33 Å². The third kappa shape index (κ3) is 2.40. The van der Waals surface area contributed by atoms with Crippen LogP contribution >= 0.6 is 0 Å². The van der Waals surface area contributed by atoms with Crippen LogP contribution in [0.15, 0.2) is 36.8 Å². The Balaban J connectivity index is 2.09. The fourth-order valence-corrected chi connectivity index (χ4v) is 2.12. The number of benzene rings is 1. The predicted octanol–water partition coefficient (Wildman–Crippen LogP) is 1.62. The molecule has 0 aliphatic rings. The van der Waals surface area contributed by atoms with E-state index in [9.17, 15) is 4.79 Å². The molecule has 0 aliphatic carbocycles. The number of carboxylic acids is 1. The summed E-state index contributed by atoms with van der Waals surface area (Å²) in [5.74, 6) is -0.490. The van der Waals surface area contributed by atoms with Crippen LogP contribution in [0.5, 0.6) is 0 Å². The van der Waals surface area contributed by atoms with Gasteiger partial charge < -0.3 is 10.4 Å². The van der Waals surface area contributed by atoms with Gasteiger partial charge in [0.15, 0.2) is 5.65 Å². The fourth-order valence-electron chi connectivity index (χ4n) is 2.12. The maximum atomic E-state index is 10.7. The summed E-state index contributed by atoms with van der Waals surface area (Å²) in [4.78, 5) is 19.0. The highest BCUT2D eigenvalue weighted by Crippen LogP contribution is 2.22. The molecule has 106 valence electrons. The first-order chi connectivity index (χ1) is 10.2. The maximum absolute atomic E-state index is 10.7.